The molecule has 0 aromatic heterocycles. The molecule has 1 aromatic carbocycles. The normalized spacial score (nSPS) is 19.9. The fourth-order valence-electron chi connectivity index (χ4n) is 2.28. The quantitative estimate of drug-likeness (QED) is 0.781. The molecule has 0 bridgehead atoms. The predicted octanol–water partition coefficient (Wildman–Crippen LogP) is 2.55. The Hall–Kier alpha value is -0.430. The number of hydrogen-bond donors (Lipinski definition) is 1. The average molecular weight is 406 g/mol. The van der Waals surface area contributed by atoms with Crippen molar-refractivity contribution in [3.63, 3.8) is 0 Å². The van der Waals surface area contributed by atoms with Gasteiger partial charge in [-0.15, -0.1) is 0 Å². The van der Waals surface area contributed by atoms with Gasteiger partial charge in [0.25, 0.3) is 0 Å². The molecule has 1 aromatic rings. The zero-order valence-electron chi connectivity index (χ0n) is 11.4. The van der Waals surface area contributed by atoms with Gasteiger partial charge in [-0.1, -0.05) is 6.07 Å². The standard InChI is InChI=1S/C14H18Br2N2O2/c1-2-20-14(19)13-8-17-5-6-18(13)9-10-3-4-11(15)12(16)7-10/h3-4,7,13,17H,2,5-6,8-9H2,1H3. The van der Waals surface area contributed by atoms with Crippen LogP contribution in [0.3, 0.4) is 0 Å². The Morgan fingerprint density at radius 1 is 1.45 bits per heavy atom. The van der Waals surface area contributed by atoms with E-state index in [2.05, 4.69) is 54.2 Å². The fraction of sp³-hybridized carbons (Fsp3) is 0.500. The number of ether oxygens (including phenoxy) is 1. The van der Waals surface area contributed by atoms with Gasteiger partial charge in [-0.25, -0.2) is 0 Å². The summed E-state index contributed by atoms with van der Waals surface area (Å²) in [5, 5.41) is 3.25. The summed E-state index contributed by atoms with van der Waals surface area (Å²) in [6.45, 7) is 5.40. The Labute approximate surface area is 136 Å². The smallest absolute Gasteiger partial charge is 0.324 e. The second kappa shape index (κ2) is 7.54. The average Bonchev–Trinajstić information content (AvgIpc) is 2.44. The molecule has 1 heterocycles. The minimum absolute atomic E-state index is 0.143. The Kier molecular flexibility index (Phi) is 6.01. The van der Waals surface area contributed by atoms with Gasteiger partial charge in [0.2, 0.25) is 0 Å². The van der Waals surface area contributed by atoms with E-state index < -0.39 is 0 Å². The van der Waals surface area contributed by atoms with Crippen LogP contribution in [0.1, 0.15) is 12.5 Å². The third-order valence-electron chi connectivity index (χ3n) is 3.28. The van der Waals surface area contributed by atoms with Gasteiger partial charge in [0.15, 0.2) is 0 Å². The van der Waals surface area contributed by atoms with Crippen LogP contribution >= 0.6 is 31.9 Å². The molecular weight excluding hydrogens is 388 g/mol. The molecule has 1 saturated heterocycles. The van der Waals surface area contributed by atoms with Crippen LogP contribution in [0.5, 0.6) is 0 Å². The van der Waals surface area contributed by atoms with E-state index in [1.807, 2.05) is 13.0 Å². The van der Waals surface area contributed by atoms with Gasteiger partial charge in [-0.3, -0.25) is 9.69 Å². The minimum atomic E-state index is -0.203. The van der Waals surface area contributed by atoms with Crippen molar-refractivity contribution in [3.05, 3.63) is 32.7 Å². The van der Waals surface area contributed by atoms with Crippen LogP contribution in [0, 0.1) is 0 Å². The summed E-state index contributed by atoms with van der Waals surface area (Å²) in [5.41, 5.74) is 1.18. The first-order valence-corrected chi connectivity index (χ1v) is 8.25. The number of carbonyl (C=O) groups is 1. The highest BCUT2D eigenvalue weighted by atomic mass is 79.9. The van der Waals surface area contributed by atoms with E-state index in [4.69, 9.17) is 4.74 Å². The van der Waals surface area contributed by atoms with E-state index in [1.165, 1.54) is 5.56 Å². The number of benzene rings is 1. The van der Waals surface area contributed by atoms with Gasteiger partial charge in [-0.2, -0.15) is 0 Å². The third kappa shape index (κ3) is 4.04. The Bertz CT molecular complexity index is 482. The zero-order valence-corrected chi connectivity index (χ0v) is 14.5. The highest BCUT2D eigenvalue weighted by Gasteiger charge is 2.29. The largest absolute Gasteiger partial charge is 0.465 e. The number of halogens is 2. The predicted molar refractivity (Wildman–Crippen MR) is 85.5 cm³/mol. The maximum absolute atomic E-state index is 12.0. The molecular formula is C14H18Br2N2O2. The molecule has 0 saturated carbocycles. The lowest BCUT2D eigenvalue weighted by atomic mass is 10.1. The molecule has 20 heavy (non-hydrogen) atoms. The van der Waals surface area contributed by atoms with Gasteiger partial charge in [0.1, 0.15) is 6.04 Å². The second-order valence-corrected chi connectivity index (χ2v) is 6.40. The van der Waals surface area contributed by atoms with Crippen molar-refractivity contribution in [2.24, 2.45) is 0 Å². The SMILES string of the molecule is CCOC(=O)C1CNCCN1Cc1ccc(Br)c(Br)c1. The van der Waals surface area contributed by atoms with Crippen LogP contribution in [-0.2, 0) is 16.1 Å². The lowest BCUT2D eigenvalue weighted by molar-refractivity contribution is -0.150. The van der Waals surface area contributed by atoms with Crippen molar-refractivity contribution in [3.8, 4) is 0 Å². The van der Waals surface area contributed by atoms with Crippen LogP contribution in [0.15, 0.2) is 27.1 Å². The van der Waals surface area contributed by atoms with Crippen LogP contribution in [-0.4, -0.2) is 43.2 Å². The Balaban J connectivity index is 2.08. The van der Waals surface area contributed by atoms with E-state index in [0.29, 0.717) is 13.2 Å². The minimum Gasteiger partial charge on any atom is -0.465 e. The summed E-state index contributed by atoms with van der Waals surface area (Å²) in [6, 6.07) is 5.96. The molecule has 1 unspecified atom stereocenters. The Morgan fingerprint density at radius 3 is 2.95 bits per heavy atom. The molecule has 1 aliphatic heterocycles. The topological polar surface area (TPSA) is 41.6 Å². The van der Waals surface area contributed by atoms with Crippen molar-refractivity contribution in [2.75, 3.05) is 26.2 Å². The summed E-state index contributed by atoms with van der Waals surface area (Å²) in [5.74, 6) is -0.143. The number of carbonyl (C=O) groups excluding carboxylic acids is 1. The first kappa shape index (κ1) is 15.9. The van der Waals surface area contributed by atoms with Crippen molar-refractivity contribution < 1.29 is 9.53 Å². The number of esters is 1. The van der Waals surface area contributed by atoms with E-state index in [0.717, 1.165) is 28.6 Å². The summed E-state index contributed by atoms with van der Waals surface area (Å²) >= 11 is 6.98. The molecule has 4 nitrogen and oxygen atoms in total. The molecule has 1 fully saturated rings. The number of hydrogen-bond acceptors (Lipinski definition) is 4. The Morgan fingerprint density at radius 2 is 2.25 bits per heavy atom. The van der Waals surface area contributed by atoms with Gasteiger partial charge in [-0.05, 0) is 56.5 Å². The van der Waals surface area contributed by atoms with Crippen molar-refractivity contribution in [2.45, 2.75) is 19.5 Å². The summed E-state index contributed by atoms with van der Waals surface area (Å²) < 4.78 is 7.21. The zero-order chi connectivity index (χ0) is 14.5. The highest BCUT2D eigenvalue weighted by Crippen LogP contribution is 2.25. The van der Waals surface area contributed by atoms with Crippen LogP contribution in [0.2, 0.25) is 0 Å². The van der Waals surface area contributed by atoms with Crippen LogP contribution in [0.25, 0.3) is 0 Å². The summed E-state index contributed by atoms with van der Waals surface area (Å²) in [6.07, 6.45) is 0. The van der Waals surface area contributed by atoms with Gasteiger partial charge in [0.05, 0.1) is 6.61 Å². The molecule has 0 aliphatic carbocycles. The molecule has 2 rings (SSSR count). The molecule has 1 N–H and O–H groups in total. The molecule has 6 heteroatoms. The molecule has 1 atom stereocenters. The van der Waals surface area contributed by atoms with Gasteiger partial charge < -0.3 is 10.1 Å². The van der Waals surface area contributed by atoms with E-state index in [1.54, 1.807) is 0 Å². The van der Waals surface area contributed by atoms with E-state index in [-0.39, 0.29) is 12.0 Å². The number of nitrogens with one attached hydrogen (secondary N) is 1. The fourth-order valence-corrected chi connectivity index (χ4v) is 2.95. The first-order valence-electron chi connectivity index (χ1n) is 6.67. The number of rotatable bonds is 4. The number of nitrogens with zero attached hydrogens (tertiary/aromatic N) is 1. The van der Waals surface area contributed by atoms with Crippen LogP contribution in [0.4, 0.5) is 0 Å². The molecule has 0 radical (unpaired) electrons. The highest BCUT2D eigenvalue weighted by molar-refractivity contribution is 9.13. The summed E-state index contributed by atoms with van der Waals surface area (Å²) in [4.78, 5) is 14.2. The van der Waals surface area contributed by atoms with E-state index >= 15 is 0 Å². The van der Waals surface area contributed by atoms with Crippen molar-refractivity contribution in [1.82, 2.24) is 10.2 Å². The van der Waals surface area contributed by atoms with Crippen molar-refractivity contribution >= 4 is 37.8 Å². The van der Waals surface area contributed by atoms with Crippen molar-refractivity contribution in [1.29, 1.82) is 0 Å². The number of piperazine rings is 1. The third-order valence-corrected chi connectivity index (χ3v) is 5.16. The maximum atomic E-state index is 12.0. The van der Waals surface area contributed by atoms with E-state index in [9.17, 15) is 4.79 Å². The van der Waals surface area contributed by atoms with Crippen LogP contribution < -0.4 is 5.32 Å². The van der Waals surface area contributed by atoms with Gasteiger partial charge in [0, 0.05) is 35.1 Å². The van der Waals surface area contributed by atoms with Gasteiger partial charge >= 0.3 is 5.97 Å². The molecule has 110 valence electrons. The second-order valence-electron chi connectivity index (χ2n) is 4.69. The molecule has 0 spiro atoms. The molecule has 0 amide bonds. The maximum Gasteiger partial charge on any atom is 0.324 e. The monoisotopic (exact) mass is 404 g/mol. The summed E-state index contributed by atoms with van der Waals surface area (Å²) in [7, 11) is 0. The lowest BCUT2D eigenvalue weighted by Gasteiger charge is -2.34. The molecule has 1 aliphatic rings. The lowest BCUT2D eigenvalue weighted by Crippen LogP contribution is -2.54. The first-order chi connectivity index (χ1) is 9.61.